The van der Waals surface area contributed by atoms with E-state index in [-0.39, 0.29) is 6.04 Å². The van der Waals surface area contributed by atoms with Crippen molar-refractivity contribution in [1.82, 2.24) is 20.8 Å². The van der Waals surface area contributed by atoms with Crippen molar-refractivity contribution in [2.24, 2.45) is 5.84 Å². The number of nitrogens with zero attached hydrogens (tertiary/aromatic N) is 2. The predicted molar refractivity (Wildman–Crippen MR) is 72.0 cm³/mol. The Hall–Kier alpha value is -1.76. The first-order valence-corrected chi connectivity index (χ1v) is 6.53. The highest BCUT2D eigenvalue weighted by molar-refractivity contribution is 7.17. The summed E-state index contributed by atoms with van der Waals surface area (Å²) in [6.07, 6.45) is 2.49. The summed E-state index contributed by atoms with van der Waals surface area (Å²) in [6.45, 7) is 0. The van der Waals surface area contributed by atoms with Crippen molar-refractivity contribution < 1.29 is 0 Å². The smallest absolute Gasteiger partial charge is 0.101 e. The van der Waals surface area contributed by atoms with Gasteiger partial charge in [-0.15, -0.1) is 11.3 Å². The number of nitrogens with one attached hydrogen (secondary N) is 2. The Morgan fingerprint density at radius 1 is 1.39 bits per heavy atom. The second kappa shape index (κ2) is 4.85. The first-order valence-electron chi connectivity index (χ1n) is 5.65. The molecule has 18 heavy (non-hydrogen) atoms. The molecule has 1 aromatic carbocycles. The van der Waals surface area contributed by atoms with Gasteiger partial charge in [0.05, 0.1) is 12.2 Å². The third kappa shape index (κ3) is 2.01. The van der Waals surface area contributed by atoms with Crippen LogP contribution in [0.25, 0.3) is 10.1 Å². The van der Waals surface area contributed by atoms with Gasteiger partial charge in [0, 0.05) is 4.70 Å². The van der Waals surface area contributed by atoms with Gasteiger partial charge in [-0.1, -0.05) is 18.2 Å². The number of rotatable bonds is 4. The van der Waals surface area contributed by atoms with E-state index >= 15 is 0 Å². The highest BCUT2D eigenvalue weighted by atomic mass is 32.1. The summed E-state index contributed by atoms with van der Waals surface area (Å²) in [6, 6.07) is 8.35. The molecule has 3 rings (SSSR count). The average molecular weight is 259 g/mol. The number of hydrazine groups is 1. The third-order valence-electron chi connectivity index (χ3n) is 2.98. The van der Waals surface area contributed by atoms with E-state index in [4.69, 9.17) is 5.84 Å². The van der Waals surface area contributed by atoms with Crippen LogP contribution in [0.15, 0.2) is 35.8 Å². The van der Waals surface area contributed by atoms with Gasteiger partial charge in [-0.2, -0.15) is 15.4 Å². The van der Waals surface area contributed by atoms with Gasteiger partial charge in [0.15, 0.2) is 0 Å². The molecule has 1 unspecified atom stereocenters. The molecule has 0 fully saturated rings. The maximum atomic E-state index is 5.60. The van der Waals surface area contributed by atoms with Crippen LogP contribution >= 0.6 is 11.3 Å². The molecule has 3 aromatic rings. The number of hydrogen-bond donors (Lipinski definition) is 3. The van der Waals surface area contributed by atoms with Crippen molar-refractivity contribution in [3.8, 4) is 0 Å². The molecule has 1 atom stereocenters. The van der Waals surface area contributed by atoms with E-state index in [0.717, 1.165) is 12.1 Å². The van der Waals surface area contributed by atoms with Crippen LogP contribution in [0.4, 0.5) is 0 Å². The summed E-state index contributed by atoms with van der Waals surface area (Å²) in [5.74, 6) is 5.60. The lowest BCUT2D eigenvalue weighted by molar-refractivity contribution is 0.539. The van der Waals surface area contributed by atoms with Crippen LogP contribution in [0.5, 0.6) is 0 Å². The maximum absolute atomic E-state index is 5.60. The molecule has 0 aliphatic carbocycles. The topological polar surface area (TPSA) is 79.6 Å². The van der Waals surface area contributed by atoms with Gasteiger partial charge in [0.1, 0.15) is 5.69 Å². The second-order valence-corrected chi connectivity index (χ2v) is 4.99. The highest BCUT2D eigenvalue weighted by Gasteiger charge is 2.15. The molecule has 2 aromatic heterocycles. The lowest BCUT2D eigenvalue weighted by atomic mass is 10.0. The number of nitrogens with two attached hydrogens (primary N) is 1. The van der Waals surface area contributed by atoms with Gasteiger partial charge in [-0.25, -0.2) is 0 Å². The molecule has 4 N–H and O–H groups in total. The largest absolute Gasteiger partial charge is 0.271 e. The Bertz CT molecular complexity index is 631. The summed E-state index contributed by atoms with van der Waals surface area (Å²) in [5, 5.41) is 14.0. The van der Waals surface area contributed by atoms with Crippen molar-refractivity contribution in [2.75, 3.05) is 0 Å². The van der Waals surface area contributed by atoms with Gasteiger partial charge in [0.2, 0.25) is 0 Å². The predicted octanol–water partition coefficient (Wildman–Crippen LogP) is 1.77. The van der Waals surface area contributed by atoms with E-state index in [9.17, 15) is 0 Å². The van der Waals surface area contributed by atoms with Gasteiger partial charge < -0.3 is 0 Å². The van der Waals surface area contributed by atoms with E-state index in [0.29, 0.717) is 0 Å². The Kier molecular flexibility index (Phi) is 3.06. The third-order valence-corrected chi connectivity index (χ3v) is 3.99. The van der Waals surface area contributed by atoms with Gasteiger partial charge in [-0.3, -0.25) is 11.3 Å². The molecule has 2 heterocycles. The fourth-order valence-corrected chi connectivity index (χ4v) is 3.01. The first-order chi connectivity index (χ1) is 8.88. The van der Waals surface area contributed by atoms with Gasteiger partial charge in [0.25, 0.3) is 0 Å². The molecule has 0 spiro atoms. The van der Waals surface area contributed by atoms with Crippen LogP contribution in [0.3, 0.4) is 0 Å². The number of aromatic amines is 1. The fraction of sp³-hybridized carbons (Fsp3) is 0.167. The summed E-state index contributed by atoms with van der Waals surface area (Å²) in [7, 11) is 0. The molecular formula is C12H13N5S. The fourth-order valence-electron chi connectivity index (χ4n) is 2.04. The van der Waals surface area contributed by atoms with E-state index < -0.39 is 0 Å². The van der Waals surface area contributed by atoms with Crippen LogP contribution in [0.2, 0.25) is 0 Å². The zero-order valence-corrected chi connectivity index (χ0v) is 10.4. The minimum Gasteiger partial charge on any atom is -0.271 e. The van der Waals surface area contributed by atoms with Gasteiger partial charge >= 0.3 is 0 Å². The Morgan fingerprint density at radius 2 is 2.28 bits per heavy atom. The van der Waals surface area contributed by atoms with Crippen LogP contribution in [-0.2, 0) is 6.42 Å². The highest BCUT2D eigenvalue weighted by Crippen LogP contribution is 2.28. The van der Waals surface area contributed by atoms with E-state index in [2.05, 4.69) is 50.5 Å². The molecule has 0 saturated heterocycles. The molecule has 0 radical (unpaired) electrons. The van der Waals surface area contributed by atoms with E-state index in [1.807, 2.05) is 0 Å². The molecule has 6 heteroatoms. The minimum absolute atomic E-state index is 0.0262. The quantitative estimate of drug-likeness (QED) is 0.493. The normalized spacial score (nSPS) is 12.9. The number of H-pyrrole nitrogens is 1. The zero-order chi connectivity index (χ0) is 12.4. The Balaban J connectivity index is 1.91. The van der Waals surface area contributed by atoms with Crippen LogP contribution in [0.1, 0.15) is 17.3 Å². The summed E-state index contributed by atoms with van der Waals surface area (Å²) < 4.78 is 1.29. The number of hydrogen-bond acceptors (Lipinski definition) is 5. The average Bonchev–Trinajstić information content (AvgIpc) is 3.06. The standard InChI is InChI=1S/C12H13N5S/c13-15-10(11-6-14-17-16-11)5-8-7-18-12-4-2-1-3-9(8)12/h1-4,6-7,10,15H,5,13H2,(H,14,16,17). The molecule has 0 amide bonds. The molecule has 0 saturated carbocycles. The molecule has 0 aliphatic rings. The number of aromatic nitrogens is 3. The van der Waals surface area contributed by atoms with Crippen LogP contribution < -0.4 is 11.3 Å². The number of thiophene rings is 1. The Morgan fingerprint density at radius 3 is 3.06 bits per heavy atom. The van der Waals surface area contributed by atoms with Crippen molar-refractivity contribution in [3.05, 3.63) is 47.1 Å². The first kappa shape index (κ1) is 11.3. The Labute approximate surface area is 108 Å². The lowest BCUT2D eigenvalue weighted by Crippen LogP contribution is -2.29. The molecule has 92 valence electrons. The van der Waals surface area contributed by atoms with Crippen LogP contribution in [0, 0.1) is 0 Å². The number of benzene rings is 1. The second-order valence-electron chi connectivity index (χ2n) is 4.08. The van der Waals surface area contributed by atoms with Crippen molar-refractivity contribution >= 4 is 21.4 Å². The summed E-state index contributed by atoms with van der Waals surface area (Å²) in [5.41, 5.74) is 4.90. The molecule has 5 nitrogen and oxygen atoms in total. The molecular weight excluding hydrogens is 246 g/mol. The van der Waals surface area contributed by atoms with Crippen molar-refractivity contribution in [1.29, 1.82) is 0 Å². The van der Waals surface area contributed by atoms with E-state index in [1.165, 1.54) is 15.6 Å². The SMILES string of the molecule is NNC(Cc1csc2ccccc12)c1cn[nH]n1. The zero-order valence-electron chi connectivity index (χ0n) is 9.63. The lowest BCUT2D eigenvalue weighted by Gasteiger charge is -2.12. The summed E-state index contributed by atoms with van der Waals surface area (Å²) in [4.78, 5) is 0. The van der Waals surface area contributed by atoms with Gasteiger partial charge in [-0.05, 0) is 28.8 Å². The van der Waals surface area contributed by atoms with Crippen LogP contribution in [-0.4, -0.2) is 15.4 Å². The minimum atomic E-state index is -0.0262. The van der Waals surface area contributed by atoms with Crippen molar-refractivity contribution in [2.45, 2.75) is 12.5 Å². The van der Waals surface area contributed by atoms with Crippen molar-refractivity contribution in [3.63, 3.8) is 0 Å². The summed E-state index contributed by atoms with van der Waals surface area (Å²) >= 11 is 1.75. The monoisotopic (exact) mass is 259 g/mol. The van der Waals surface area contributed by atoms with E-state index in [1.54, 1.807) is 17.5 Å². The molecule has 0 bridgehead atoms. The number of fused-ring (bicyclic) bond motifs is 1. The maximum Gasteiger partial charge on any atom is 0.101 e. The molecule has 0 aliphatic heterocycles.